The first-order valence-electron chi connectivity index (χ1n) is 10.6. The molecule has 1 aliphatic carbocycles. The van der Waals surface area contributed by atoms with E-state index < -0.39 is 18.2 Å². The largest absolute Gasteiger partial charge is 0.497 e. The van der Waals surface area contributed by atoms with Crippen molar-refractivity contribution in [2.24, 2.45) is 0 Å². The second-order valence-corrected chi connectivity index (χ2v) is 7.88. The number of pyridine rings is 1. The van der Waals surface area contributed by atoms with Crippen molar-refractivity contribution in [3.05, 3.63) is 94.9 Å². The molecule has 0 radical (unpaired) electrons. The van der Waals surface area contributed by atoms with Gasteiger partial charge in [-0.2, -0.15) is 0 Å². The van der Waals surface area contributed by atoms with E-state index in [0.717, 1.165) is 17.4 Å². The Kier molecular flexibility index (Phi) is 5.30. The van der Waals surface area contributed by atoms with Crippen LogP contribution in [0.15, 0.2) is 66.9 Å². The number of imidazole rings is 1. The highest BCUT2D eigenvalue weighted by Gasteiger charge is 2.37. The van der Waals surface area contributed by atoms with Gasteiger partial charge in [0.05, 0.1) is 18.4 Å². The number of nitrogens with zero attached hydrogens (tertiary/aromatic N) is 2. The minimum atomic E-state index is -0.515. The maximum Gasteiger partial charge on any atom is 0.338 e. The standard InChI is InChI=1S/C26H22N2O5/c1-16-21(15-29)28-13-5-8-22(25(28)27-16)32-24-20-7-4-3-6-18(20)14-23(24)33-26(30)17-9-11-19(31-2)12-10-17/h3-13,15,23-24H,14H2,1-2H3/t23-,24-/m1/s1. The summed E-state index contributed by atoms with van der Waals surface area (Å²) in [7, 11) is 1.57. The Morgan fingerprint density at radius 2 is 1.88 bits per heavy atom. The molecule has 166 valence electrons. The monoisotopic (exact) mass is 442 g/mol. The molecule has 0 bridgehead atoms. The first-order chi connectivity index (χ1) is 16.1. The molecule has 0 aliphatic heterocycles. The number of carbonyl (C=O) groups excluding carboxylic acids is 2. The van der Waals surface area contributed by atoms with Gasteiger partial charge >= 0.3 is 5.97 Å². The van der Waals surface area contributed by atoms with E-state index >= 15 is 0 Å². The number of rotatable bonds is 6. The highest BCUT2D eigenvalue weighted by molar-refractivity contribution is 5.89. The van der Waals surface area contributed by atoms with Gasteiger partial charge in [-0.25, -0.2) is 9.78 Å². The van der Waals surface area contributed by atoms with Gasteiger partial charge in [-0.3, -0.25) is 9.20 Å². The van der Waals surface area contributed by atoms with Crippen LogP contribution in [0.25, 0.3) is 5.65 Å². The quantitative estimate of drug-likeness (QED) is 0.326. The van der Waals surface area contributed by atoms with Crippen molar-refractivity contribution < 1.29 is 23.8 Å². The Balaban J connectivity index is 1.46. The Labute approximate surface area is 190 Å². The molecular weight excluding hydrogens is 420 g/mol. The fourth-order valence-electron chi connectivity index (χ4n) is 4.24. The highest BCUT2D eigenvalue weighted by Crippen LogP contribution is 2.38. The Morgan fingerprint density at radius 3 is 2.64 bits per heavy atom. The lowest BCUT2D eigenvalue weighted by Crippen LogP contribution is -2.26. The van der Waals surface area contributed by atoms with E-state index in [4.69, 9.17) is 14.2 Å². The zero-order chi connectivity index (χ0) is 22.9. The number of aldehydes is 1. The van der Waals surface area contributed by atoms with Crippen LogP contribution < -0.4 is 9.47 Å². The van der Waals surface area contributed by atoms with E-state index in [1.807, 2.05) is 24.3 Å². The van der Waals surface area contributed by atoms with Crippen molar-refractivity contribution in [3.8, 4) is 11.5 Å². The van der Waals surface area contributed by atoms with E-state index in [1.54, 1.807) is 61.0 Å². The first kappa shape index (κ1) is 20.8. The second-order valence-electron chi connectivity index (χ2n) is 7.88. The topological polar surface area (TPSA) is 79.1 Å². The van der Waals surface area contributed by atoms with Crippen molar-refractivity contribution in [1.82, 2.24) is 9.38 Å². The van der Waals surface area contributed by atoms with Crippen LogP contribution >= 0.6 is 0 Å². The summed E-state index contributed by atoms with van der Waals surface area (Å²) in [4.78, 5) is 28.9. The fraction of sp³-hybridized carbons (Fsp3) is 0.192. The van der Waals surface area contributed by atoms with E-state index in [-0.39, 0.29) is 0 Å². The van der Waals surface area contributed by atoms with Crippen LogP contribution in [0.2, 0.25) is 0 Å². The molecule has 7 heteroatoms. The average molecular weight is 442 g/mol. The van der Waals surface area contributed by atoms with Gasteiger partial charge in [-0.1, -0.05) is 24.3 Å². The van der Waals surface area contributed by atoms with Crippen molar-refractivity contribution in [2.75, 3.05) is 7.11 Å². The molecule has 33 heavy (non-hydrogen) atoms. The van der Waals surface area contributed by atoms with Gasteiger partial charge in [0.2, 0.25) is 0 Å². The fourth-order valence-corrected chi connectivity index (χ4v) is 4.24. The van der Waals surface area contributed by atoms with E-state index in [9.17, 15) is 9.59 Å². The lowest BCUT2D eigenvalue weighted by molar-refractivity contribution is -0.00285. The number of benzene rings is 2. The molecule has 0 saturated heterocycles. The number of hydrogen-bond acceptors (Lipinski definition) is 6. The summed E-state index contributed by atoms with van der Waals surface area (Å²) in [5.41, 5.74) is 4.11. The summed E-state index contributed by atoms with van der Waals surface area (Å²) in [6.45, 7) is 1.78. The molecule has 5 rings (SSSR count). The minimum absolute atomic E-state index is 0.429. The van der Waals surface area contributed by atoms with Crippen LogP contribution in [0.4, 0.5) is 0 Å². The van der Waals surface area contributed by atoms with Crippen LogP contribution in [-0.4, -0.2) is 34.9 Å². The van der Waals surface area contributed by atoms with Gasteiger partial charge in [0.15, 0.2) is 23.8 Å². The number of esters is 1. The number of carbonyl (C=O) groups is 2. The maximum atomic E-state index is 12.9. The van der Waals surface area contributed by atoms with E-state index in [1.165, 1.54) is 0 Å². The molecule has 7 nitrogen and oxygen atoms in total. The van der Waals surface area contributed by atoms with Crippen LogP contribution in [0, 0.1) is 6.92 Å². The Morgan fingerprint density at radius 1 is 1.09 bits per heavy atom. The number of ether oxygens (including phenoxy) is 3. The Bertz CT molecular complexity index is 1340. The second kappa shape index (κ2) is 8.43. The van der Waals surface area contributed by atoms with Crippen molar-refractivity contribution in [3.63, 3.8) is 0 Å². The normalized spacial score (nSPS) is 16.9. The molecule has 0 saturated carbocycles. The Hall–Kier alpha value is -4.13. The zero-order valence-electron chi connectivity index (χ0n) is 18.2. The van der Waals surface area contributed by atoms with Gasteiger partial charge in [0, 0.05) is 12.6 Å². The average Bonchev–Trinajstić information content (AvgIpc) is 3.35. The number of aryl methyl sites for hydroxylation is 1. The predicted molar refractivity (Wildman–Crippen MR) is 121 cm³/mol. The molecule has 4 aromatic rings. The molecule has 2 heterocycles. The molecule has 0 unspecified atom stereocenters. The first-order valence-corrected chi connectivity index (χ1v) is 10.6. The third-order valence-electron chi connectivity index (χ3n) is 5.91. The van der Waals surface area contributed by atoms with Gasteiger partial charge in [0.25, 0.3) is 0 Å². The van der Waals surface area contributed by atoms with Crippen molar-refractivity contribution >= 4 is 17.9 Å². The maximum absolute atomic E-state index is 12.9. The van der Waals surface area contributed by atoms with Gasteiger partial charge < -0.3 is 14.2 Å². The summed E-state index contributed by atoms with van der Waals surface area (Å²) in [6.07, 6.45) is 2.07. The van der Waals surface area contributed by atoms with Gasteiger partial charge in [0.1, 0.15) is 17.5 Å². The van der Waals surface area contributed by atoms with Crippen LogP contribution in [0.5, 0.6) is 11.5 Å². The molecule has 2 aromatic heterocycles. The van der Waals surface area contributed by atoms with Crippen LogP contribution in [0.1, 0.15) is 43.8 Å². The van der Waals surface area contributed by atoms with Crippen molar-refractivity contribution in [1.29, 1.82) is 0 Å². The van der Waals surface area contributed by atoms with E-state index in [2.05, 4.69) is 4.98 Å². The van der Waals surface area contributed by atoms with Crippen LogP contribution in [0.3, 0.4) is 0 Å². The molecule has 2 aromatic carbocycles. The summed E-state index contributed by atoms with van der Waals surface area (Å²) in [5, 5.41) is 0. The molecular formula is C26H22N2O5. The molecule has 2 atom stereocenters. The zero-order valence-corrected chi connectivity index (χ0v) is 18.2. The molecule has 0 fully saturated rings. The minimum Gasteiger partial charge on any atom is -0.497 e. The summed E-state index contributed by atoms with van der Waals surface area (Å²) in [5.74, 6) is 0.752. The smallest absolute Gasteiger partial charge is 0.338 e. The third-order valence-corrected chi connectivity index (χ3v) is 5.91. The summed E-state index contributed by atoms with van der Waals surface area (Å²) in [6, 6.07) is 18.3. The van der Waals surface area contributed by atoms with Crippen molar-refractivity contribution in [2.45, 2.75) is 25.6 Å². The van der Waals surface area contributed by atoms with E-state index in [0.29, 0.717) is 40.5 Å². The highest BCUT2D eigenvalue weighted by atomic mass is 16.6. The lowest BCUT2D eigenvalue weighted by Gasteiger charge is -2.22. The summed E-state index contributed by atoms with van der Waals surface area (Å²) < 4.78 is 19.2. The number of aromatic nitrogens is 2. The van der Waals surface area contributed by atoms with Crippen LogP contribution in [-0.2, 0) is 11.2 Å². The molecule has 0 amide bonds. The SMILES string of the molecule is COc1ccc(C(=O)O[C@@H]2Cc3ccccc3[C@H]2Oc2cccn3c(C=O)c(C)nc23)cc1. The number of fused-ring (bicyclic) bond motifs is 2. The third kappa shape index (κ3) is 3.71. The molecule has 0 spiro atoms. The summed E-state index contributed by atoms with van der Waals surface area (Å²) >= 11 is 0. The van der Waals surface area contributed by atoms with Gasteiger partial charge in [-0.05, 0) is 54.4 Å². The van der Waals surface area contributed by atoms with Gasteiger partial charge in [-0.15, -0.1) is 0 Å². The predicted octanol–water partition coefficient (Wildman–Crippen LogP) is 4.37. The number of methoxy groups -OCH3 is 1. The molecule has 0 N–H and O–H groups in total. The number of hydrogen-bond donors (Lipinski definition) is 0. The lowest BCUT2D eigenvalue weighted by atomic mass is 10.1. The molecule has 1 aliphatic rings.